The third-order valence-corrected chi connectivity index (χ3v) is 3.63. The number of rotatable bonds is 5. The fraction of sp³-hybridized carbons (Fsp3) is 0.176. The number of hydrogen-bond acceptors (Lipinski definition) is 5. The number of hydrogen-bond donors (Lipinski definition) is 2. The Hall–Kier alpha value is -3.42. The van der Waals surface area contributed by atoms with E-state index < -0.39 is 16.4 Å². The highest BCUT2D eigenvalue weighted by molar-refractivity contribution is 5.95. The fourth-order valence-electron chi connectivity index (χ4n) is 2.28. The van der Waals surface area contributed by atoms with Gasteiger partial charge in [-0.25, -0.2) is 0 Å². The lowest BCUT2D eigenvalue weighted by Gasteiger charge is -2.17. The molecule has 0 aliphatic heterocycles. The van der Waals surface area contributed by atoms with Crippen LogP contribution in [0.4, 0.5) is 5.69 Å². The lowest BCUT2D eigenvalue weighted by Crippen LogP contribution is -2.26. The smallest absolute Gasteiger partial charge is 0.310 e. The van der Waals surface area contributed by atoms with Crippen LogP contribution >= 0.6 is 0 Å². The van der Waals surface area contributed by atoms with Crippen LogP contribution in [0.1, 0.15) is 26.3 Å². The molecule has 0 saturated heterocycles. The number of nitro benzene ring substituents is 1. The van der Waals surface area contributed by atoms with E-state index in [1.165, 1.54) is 11.0 Å². The van der Waals surface area contributed by atoms with Gasteiger partial charge in [0.15, 0.2) is 5.75 Å². The minimum atomic E-state index is -0.721. The molecular weight excluding hydrogens is 326 g/mol. The molecule has 0 heterocycles. The zero-order chi connectivity index (χ0) is 18.6. The quantitative estimate of drug-likeness (QED) is 0.636. The maximum Gasteiger partial charge on any atom is 0.310 e. The van der Waals surface area contributed by atoms with Gasteiger partial charge in [-0.05, 0) is 29.8 Å². The van der Waals surface area contributed by atoms with Gasteiger partial charge in [0.05, 0.1) is 4.92 Å². The number of amides is 2. The first kappa shape index (κ1) is 17.9. The molecule has 0 fully saturated rings. The molecule has 2 aromatic rings. The summed E-state index contributed by atoms with van der Waals surface area (Å²) in [6, 6.07) is 10.3. The van der Waals surface area contributed by atoms with Gasteiger partial charge in [-0.15, -0.1) is 0 Å². The van der Waals surface area contributed by atoms with Gasteiger partial charge < -0.3 is 15.3 Å². The van der Waals surface area contributed by atoms with E-state index >= 15 is 0 Å². The van der Waals surface area contributed by atoms with Crippen LogP contribution in [0.5, 0.6) is 5.75 Å². The maximum atomic E-state index is 12.4. The lowest BCUT2D eigenvalue weighted by atomic mass is 10.1. The zero-order valence-corrected chi connectivity index (χ0v) is 13.7. The van der Waals surface area contributed by atoms with Gasteiger partial charge in [0.1, 0.15) is 0 Å². The van der Waals surface area contributed by atoms with E-state index in [0.29, 0.717) is 5.56 Å². The summed E-state index contributed by atoms with van der Waals surface area (Å²) in [4.78, 5) is 35.3. The zero-order valence-electron chi connectivity index (χ0n) is 13.7. The molecule has 0 aromatic heterocycles. The molecule has 0 spiro atoms. The molecule has 25 heavy (non-hydrogen) atoms. The first-order valence-electron chi connectivity index (χ1n) is 7.37. The van der Waals surface area contributed by atoms with Crippen molar-refractivity contribution in [3.05, 3.63) is 69.3 Å². The third kappa shape index (κ3) is 4.11. The normalized spacial score (nSPS) is 10.2. The molecule has 0 bridgehead atoms. The first-order valence-corrected chi connectivity index (χ1v) is 7.37. The second-order valence-electron chi connectivity index (χ2n) is 5.40. The van der Waals surface area contributed by atoms with Crippen molar-refractivity contribution in [1.29, 1.82) is 0 Å². The standard InChI is InChI=1S/C17H17N3O5/c1-18-16(22)12-5-3-11(4-6-12)10-19(2)17(23)13-7-8-14(20(24)25)15(21)9-13/h3-9,21H,10H2,1-2H3,(H,18,22). The van der Waals surface area contributed by atoms with Gasteiger partial charge in [0, 0.05) is 37.8 Å². The molecule has 2 rings (SSSR count). The van der Waals surface area contributed by atoms with E-state index in [9.17, 15) is 24.8 Å². The highest BCUT2D eigenvalue weighted by Crippen LogP contribution is 2.26. The first-order chi connectivity index (χ1) is 11.8. The Balaban J connectivity index is 2.11. The van der Waals surface area contributed by atoms with E-state index in [4.69, 9.17) is 0 Å². The molecule has 0 aliphatic rings. The molecule has 0 radical (unpaired) electrons. The molecule has 0 unspecified atom stereocenters. The average molecular weight is 343 g/mol. The van der Waals surface area contributed by atoms with Crippen molar-refractivity contribution in [2.45, 2.75) is 6.54 Å². The Bertz CT molecular complexity index is 818. The molecule has 0 atom stereocenters. The largest absolute Gasteiger partial charge is 0.502 e. The van der Waals surface area contributed by atoms with Crippen molar-refractivity contribution in [3.63, 3.8) is 0 Å². The van der Waals surface area contributed by atoms with Gasteiger partial charge in [0.2, 0.25) is 0 Å². The summed E-state index contributed by atoms with van der Waals surface area (Å²) < 4.78 is 0. The monoisotopic (exact) mass is 343 g/mol. The number of nitrogens with zero attached hydrogens (tertiary/aromatic N) is 2. The van der Waals surface area contributed by atoms with Crippen molar-refractivity contribution < 1.29 is 19.6 Å². The SMILES string of the molecule is CNC(=O)c1ccc(CN(C)C(=O)c2ccc([N+](=O)[O-])c(O)c2)cc1. The van der Waals surface area contributed by atoms with Crippen molar-refractivity contribution >= 4 is 17.5 Å². The molecule has 2 amide bonds. The van der Waals surface area contributed by atoms with Crippen LogP contribution in [0, 0.1) is 10.1 Å². The Morgan fingerprint density at radius 2 is 1.76 bits per heavy atom. The fourth-order valence-corrected chi connectivity index (χ4v) is 2.28. The summed E-state index contributed by atoms with van der Waals surface area (Å²) in [6.07, 6.45) is 0. The van der Waals surface area contributed by atoms with Crippen molar-refractivity contribution in [3.8, 4) is 5.75 Å². The van der Waals surface area contributed by atoms with Gasteiger partial charge in [-0.1, -0.05) is 12.1 Å². The Kier molecular flexibility index (Phi) is 5.33. The molecular formula is C17H17N3O5. The van der Waals surface area contributed by atoms with Crippen LogP contribution in [-0.4, -0.2) is 40.8 Å². The summed E-state index contributed by atoms with van der Waals surface area (Å²) in [5, 5.41) is 22.9. The van der Waals surface area contributed by atoms with Gasteiger partial charge in [-0.2, -0.15) is 0 Å². The Morgan fingerprint density at radius 1 is 1.16 bits per heavy atom. The maximum absolute atomic E-state index is 12.4. The van der Waals surface area contributed by atoms with E-state index in [-0.39, 0.29) is 23.9 Å². The van der Waals surface area contributed by atoms with Crippen LogP contribution < -0.4 is 5.32 Å². The van der Waals surface area contributed by atoms with Crippen molar-refractivity contribution in [2.75, 3.05) is 14.1 Å². The molecule has 2 N–H and O–H groups in total. The highest BCUT2D eigenvalue weighted by Gasteiger charge is 2.18. The van der Waals surface area contributed by atoms with Crippen LogP contribution in [0.2, 0.25) is 0 Å². The van der Waals surface area contributed by atoms with Crippen LogP contribution in [-0.2, 0) is 6.54 Å². The third-order valence-electron chi connectivity index (χ3n) is 3.63. The second kappa shape index (κ2) is 7.43. The van der Waals surface area contributed by atoms with Crippen molar-refractivity contribution in [1.82, 2.24) is 10.2 Å². The van der Waals surface area contributed by atoms with Gasteiger partial charge in [0.25, 0.3) is 11.8 Å². The number of aromatic hydroxyl groups is 1. The number of nitro groups is 1. The minimum Gasteiger partial charge on any atom is -0.502 e. The molecule has 0 saturated carbocycles. The van der Waals surface area contributed by atoms with E-state index in [2.05, 4.69) is 5.32 Å². The van der Waals surface area contributed by atoms with E-state index in [0.717, 1.165) is 17.7 Å². The summed E-state index contributed by atoms with van der Waals surface area (Å²) in [5.74, 6) is -1.14. The summed E-state index contributed by atoms with van der Waals surface area (Å²) in [6.45, 7) is 0.282. The minimum absolute atomic E-state index is 0.146. The molecule has 2 aromatic carbocycles. The summed E-state index contributed by atoms with van der Waals surface area (Å²) >= 11 is 0. The molecule has 8 heteroatoms. The summed E-state index contributed by atoms with van der Waals surface area (Å²) in [5.41, 5.74) is 1.02. The Morgan fingerprint density at radius 3 is 2.28 bits per heavy atom. The average Bonchev–Trinajstić information content (AvgIpc) is 2.60. The van der Waals surface area contributed by atoms with Crippen LogP contribution in [0.3, 0.4) is 0 Å². The number of carbonyl (C=O) groups excluding carboxylic acids is 2. The van der Waals surface area contributed by atoms with Crippen molar-refractivity contribution in [2.24, 2.45) is 0 Å². The molecule has 0 aliphatic carbocycles. The predicted molar refractivity (Wildman–Crippen MR) is 90.4 cm³/mol. The summed E-state index contributed by atoms with van der Waals surface area (Å²) in [7, 11) is 3.12. The second-order valence-corrected chi connectivity index (χ2v) is 5.40. The number of carbonyl (C=O) groups is 2. The number of phenols is 1. The topological polar surface area (TPSA) is 113 Å². The Labute approximate surface area is 143 Å². The number of benzene rings is 2. The number of nitrogens with one attached hydrogen (secondary N) is 1. The van der Waals surface area contributed by atoms with E-state index in [1.54, 1.807) is 38.4 Å². The lowest BCUT2D eigenvalue weighted by molar-refractivity contribution is -0.385. The highest BCUT2D eigenvalue weighted by atomic mass is 16.6. The van der Waals surface area contributed by atoms with Gasteiger partial charge in [-0.3, -0.25) is 19.7 Å². The molecule has 130 valence electrons. The predicted octanol–water partition coefficient (Wildman–Crippen LogP) is 1.93. The number of phenolic OH excluding ortho intramolecular Hbond substituents is 1. The van der Waals surface area contributed by atoms with Crippen LogP contribution in [0.15, 0.2) is 42.5 Å². The molecule has 8 nitrogen and oxygen atoms in total. The van der Waals surface area contributed by atoms with Gasteiger partial charge >= 0.3 is 5.69 Å². The van der Waals surface area contributed by atoms with Crippen LogP contribution in [0.25, 0.3) is 0 Å². The van der Waals surface area contributed by atoms with E-state index in [1.807, 2.05) is 0 Å².